The maximum absolute atomic E-state index is 13.2. The number of carboxylic acid groups (broad SMARTS) is 1. The van der Waals surface area contributed by atoms with E-state index < -0.39 is 29.8 Å². The van der Waals surface area contributed by atoms with Crippen LogP contribution in [0.1, 0.15) is 11.1 Å². The van der Waals surface area contributed by atoms with Crippen molar-refractivity contribution in [3.63, 3.8) is 0 Å². The van der Waals surface area contributed by atoms with Gasteiger partial charge in [-0.3, -0.25) is 4.79 Å². The number of nitrogens with two attached hydrogens (primary N) is 1. The third-order valence-electron chi connectivity index (χ3n) is 3.67. The number of nitrogens with one attached hydrogen (secondary N) is 1. The van der Waals surface area contributed by atoms with Gasteiger partial charge in [-0.1, -0.05) is 24.3 Å². The second-order valence-corrected chi connectivity index (χ2v) is 5.71. The highest BCUT2D eigenvalue weighted by Gasteiger charge is 2.24. The van der Waals surface area contributed by atoms with Gasteiger partial charge in [-0.15, -0.1) is 0 Å². The first-order valence-corrected chi connectivity index (χ1v) is 7.66. The normalized spacial score (nSPS) is 13.0. The van der Waals surface area contributed by atoms with Gasteiger partial charge < -0.3 is 21.3 Å². The summed E-state index contributed by atoms with van der Waals surface area (Å²) < 4.78 is 13.2. The van der Waals surface area contributed by atoms with Crippen LogP contribution in [0.3, 0.4) is 0 Å². The van der Waals surface area contributed by atoms with Crippen LogP contribution in [-0.4, -0.2) is 34.2 Å². The van der Waals surface area contributed by atoms with E-state index in [0.29, 0.717) is 5.56 Å². The Labute approximate surface area is 144 Å². The van der Waals surface area contributed by atoms with Crippen LogP contribution in [0.5, 0.6) is 5.75 Å². The van der Waals surface area contributed by atoms with Gasteiger partial charge in [0.1, 0.15) is 17.6 Å². The molecule has 25 heavy (non-hydrogen) atoms. The molecular formula is C18H19FN2O4. The Kier molecular flexibility index (Phi) is 6.08. The number of phenols is 1. The van der Waals surface area contributed by atoms with E-state index in [4.69, 9.17) is 5.73 Å². The molecule has 0 aliphatic carbocycles. The third kappa shape index (κ3) is 5.58. The Hall–Kier alpha value is -2.93. The van der Waals surface area contributed by atoms with Crippen LogP contribution >= 0.6 is 0 Å². The summed E-state index contributed by atoms with van der Waals surface area (Å²) in [6, 6.07) is 9.59. The van der Waals surface area contributed by atoms with Crippen LogP contribution < -0.4 is 11.1 Å². The molecule has 7 heteroatoms. The quantitative estimate of drug-likeness (QED) is 0.602. The van der Waals surface area contributed by atoms with Crippen molar-refractivity contribution in [3.8, 4) is 5.75 Å². The molecule has 0 heterocycles. The van der Waals surface area contributed by atoms with E-state index in [1.54, 1.807) is 18.2 Å². The Balaban J connectivity index is 1.99. The van der Waals surface area contributed by atoms with Crippen molar-refractivity contribution >= 4 is 11.9 Å². The molecule has 2 atom stereocenters. The van der Waals surface area contributed by atoms with Crippen LogP contribution in [0, 0.1) is 5.82 Å². The summed E-state index contributed by atoms with van der Waals surface area (Å²) in [6.07, 6.45) is 0.142. The van der Waals surface area contributed by atoms with Crippen molar-refractivity contribution in [2.45, 2.75) is 24.9 Å². The predicted octanol–water partition coefficient (Wildman–Crippen LogP) is 1.21. The molecule has 1 unspecified atom stereocenters. The molecule has 132 valence electrons. The van der Waals surface area contributed by atoms with Crippen LogP contribution in [0.2, 0.25) is 0 Å². The molecule has 5 N–H and O–H groups in total. The fourth-order valence-electron chi connectivity index (χ4n) is 2.36. The van der Waals surface area contributed by atoms with Gasteiger partial charge in [-0.2, -0.15) is 0 Å². The molecule has 0 aliphatic rings. The van der Waals surface area contributed by atoms with E-state index in [0.717, 1.165) is 5.56 Å². The van der Waals surface area contributed by atoms with Gasteiger partial charge in [0.25, 0.3) is 0 Å². The average molecular weight is 346 g/mol. The fourth-order valence-corrected chi connectivity index (χ4v) is 2.36. The first kappa shape index (κ1) is 18.4. The fraction of sp³-hybridized carbons (Fsp3) is 0.222. The molecule has 2 rings (SSSR count). The molecule has 6 nitrogen and oxygen atoms in total. The van der Waals surface area contributed by atoms with Gasteiger partial charge in [0.2, 0.25) is 5.91 Å². The average Bonchev–Trinajstić information content (AvgIpc) is 2.56. The lowest BCUT2D eigenvalue weighted by Gasteiger charge is -2.18. The summed E-state index contributed by atoms with van der Waals surface area (Å²) in [4.78, 5) is 23.5. The van der Waals surface area contributed by atoms with E-state index in [1.807, 2.05) is 0 Å². The topological polar surface area (TPSA) is 113 Å². The lowest BCUT2D eigenvalue weighted by molar-refractivity contribution is -0.141. The number of hydrogen-bond acceptors (Lipinski definition) is 4. The van der Waals surface area contributed by atoms with Crippen LogP contribution in [-0.2, 0) is 22.4 Å². The van der Waals surface area contributed by atoms with Crippen LogP contribution in [0.15, 0.2) is 48.5 Å². The number of aromatic hydroxyl groups is 1. The maximum atomic E-state index is 13.2. The minimum atomic E-state index is -1.23. The molecule has 0 fully saturated rings. The zero-order valence-corrected chi connectivity index (χ0v) is 13.4. The Bertz CT molecular complexity index is 749. The number of phenolic OH excluding ortho intramolecular Hbond substituents is 1. The largest absolute Gasteiger partial charge is 0.508 e. The van der Waals surface area contributed by atoms with Crippen LogP contribution in [0.25, 0.3) is 0 Å². The molecule has 0 radical (unpaired) electrons. The highest BCUT2D eigenvalue weighted by atomic mass is 19.1. The minimum absolute atomic E-state index is 0.0508. The number of carbonyl (C=O) groups is 2. The molecule has 2 aromatic rings. The van der Waals surface area contributed by atoms with Crippen molar-refractivity contribution in [1.82, 2.24) is 5.32 Å². The predicted molar refractivity (Wildman–Crippen MR) is 89.5 cm³/mol. The standard InChI is InChI=1S/C18H19FN2O4/c19-13-3-1-2-12(8-13)10-16(18(24)25)21-17(23)15(20)9-11-4-6-14(22)7-5-11/h1-8,15-16,22H,9-10,20H2,(H,21,23)(H,24,25)/t15?,16-/m0/s1. The number of hydrogen-bond donors (Lipinski definition) is 4. The zero-order chi connectivity index (χ0) is 18.4. The second-order valence-electron chi connectivity index (χ2n) is 5.71. The summed E-state index contributed by atoms with van der Waals surface area (Å²) in [5, 5.41) is 20.9. The van der Waals surface area contributed by atoms with Gasteiger partial charge >= 0.3 is 5.97 Å². The number of benzene rings is 2. The molecule has 2 aromatic carbocycles. The lowest BCUT2D eigenvalue weighted by Crippen LogP contribution is -2.50. The highest BCUT2D eigenvalue weighted by molar-refractivity contribution is 5.87. The van der Waals surface area contributed by atoms with Crippen molar-refractivity contribution in [2.75, 3.05) is 0 Å². The van der Waals surface area contributed by atoms with E-state index in [-0.39, 0.29) is 18.6 Å². The van der Waals surface area contributed by atoms with Gasteiger partial charge in [-0.05, 0) is 41.8 Å². The van der Waals surface area contributed by atoms with Gasteiger partial charge in [0, 0.05) is 6.42 Å². The first-order chi connectivity index (χ1) is 11.8. The summed E-state index contributed by atoms with van der Waals surface area (Å²) in [7, 11) is 0. The summed E-state index contributed by atoms with van der Waals surface area (Å²) in [5.41, 5.74) is 7.02. The number of carboxylic acids is 1. The van der Waals surface area contributed by atoms with E-state index >= 15 is 0 Å². The Morgan fingerprint density at radius 2 is 1.76 bits per heavy atom. The maximum Gasteiger partial charge on any atom is 0.326 e. The van der Waals surface area contributed by atoms with Crippen molar-refractivity contribution < 1.29 is 24.2 Å². The Morgan fingerprint density at radius 3 is 2.36 bits per heavy atom. The SMILES string of the molecule is NC(Cc1ccc(O)cc1)C(=O)N[C@@H](Cc1cccc(F)c1)C(=O)O. The number of halogens is 1. The molecular weight excluding hydrogens is 327 g/mol. The van der Waals surface area contributed by atoms with Gasteiger partial charge in [0.15, 0.2) is 0 Å². The Morgan fingerprint density at radius 1 is 1.08 bits per heavy atom. The number of amides is 1. The third-order valence-corrected chi connectivity index (χ3v) is 3.67. The summed E-state index contributed by atoms with van der Waals surface area (Å²) in [5.74, 6) is -2.22. The van der Waals surface area contributed by atoms with E-state index in [1.165, 1.54) is 30.3 Å². The van der Waals surface area contributed by atoms with Gasteiger partial charge in [0.05, 0.1) is 6.04 Å². The van der Waals surface area contributed by atoms with E-state index in [9.17, 15) is 24.2 Å². The highest BCUT2D eigenvalue weighted by Crippen LogP contribution is 2.11. The summed E-state index contributed by atoms with van der Waals surface area (Å²) in [6.45, 7) is 0. The molecule has 0 spiro atoms. The zero-order valence-electron chi connectivity index (χ0n) is 13.4. The van der Waals surface area contributed by atoms with Gasteiger partial charge in [-0.25, -0.2) is 9.18 Å². The molecule has 0 aromatic heterocycles. The summed E-state index contributed by atoms with van der Waals surface area (Å²) >= 11 is 0. The first-order valence-electron chi connectivity index (χ1n) is 7.66. The van der Waals surface area contributed by atoms with E-state index in [2.05, 4.69) is 5.32 Å². The smallest absolute Gasteiger partial charge is 0.326 e. The van der Waals surface area contributed by atoms with Crippen molar-refractivity contribution in [3.05, 3.63) is 65.5 Å². The number of carbonyl (C=O) groups excluding carboxylic acids is 1. The minimum Gasteiger partial charge on any atom is -0.508 e. The number of aliphatic carboxylic acids is 1. The number of rotatable bonds is 7. The van der Waals surface area contributed by atoms with Crippen LogP contribution in [0.4, 0.5) is 4.39 Å². The monoisotopic (exact) mass is 346 g/mol. The van der Waals surface area contributed by atoms with Crippen molar-refractivity contribution in [1.29, 1.82) is 0 Å². The van der Waals surface area contributed by atoms with Crippen molar-refractivity contribution in [2.24, 2.45) is 5.73 Å². The second kappa shape index (κ2) is 8.25. The molecule has 0 bridgehead atoms. The molecule has 0 saturated heterocycles. The lowest BCUT2D eigenvalue weighted by atomic mass is 10.0. The molecule has 1 amide bonds. The molecule has 0 aliphatic heterocycles. The molecule has 0 saturated carbocycles.